The zero-order chi connectivity index (χ0) is 13.3. The van der Waals surface area contributed by atoms with Crippen LogP contribution in [0.4, 0.5) is 11.4 Å². The Labute approximate surface area is 115 Å². The molecule has 9 heteroatoms. The van der Waals surface area contributed by atoms with E-state index in [1.807, 2.05) is 0 Å². The van der Waals surface area contributed by atoms with E-state index in [1.54, 1.807) is 23.5 Å². The number of hydrogen-bond donors (Lipinski definition) is 0. The van der Waals surface area contributed by atoms with E-state index in [0.29, 0.717) is 5.56 Å². The first kappa shape index (κ1) is 13.4. The molecule has 0 radical (unpaired) electrons. The summed E-state index contributed by atoms with van der Waals surface area (Å²) in [7, 11) is 0. The van der Waals surface area contributed by atoms with Crippen molar-refractivity contribution in [3.05, 3.63) is 42.9 Å². The highest BCUT2D eigenvalue weighted by atomic mass is 35.5. The van der Waals surface area contributed by atoms with Crippen LogP contribution in [0.3, 0.4) is 0 Å². The zero-order valence-corrected chi connectivity index (χ0v) is 11.3. The SMILES string of the molecule is O=[N+]([O-])c1cc(C2SCCS2)cc([N+](=O)[O-])c1Cl. The predicted octanol–water partition coefficient (Wildman–Crippen LogP) is 3.64. The predicted molar refractivity (Wildman–Crippen MR) is 72.4 cm³/mol. The molecule has 0 bridgehead atoms. The lowest BCUT2D eigenvalue weighted by Crippen LogP contribution is -1.98. The van der Waals surface area contributed by atoms with Gasteiger partial charge < -0.3 is 0 Å². The number of hydrogen-bond acceptors (Lipinski definition) is 6. The summed E-state index contributed by atoms with van der Waals surface area (Å²) in [6.45, 7) is 0. The Morgan fingerprint density at radius 2 is 1.56 bits per heavy atom. The Hall–Kier alpha value is -0.990. The van der Waals surface area contributed by atoms with Gasteiger partial charge in [-0.3, -0.25) is 20.2 Å². The van der Waals surface area contributed by atoms with Crippen molar-refractivity contribution in [2.75, 3.05) is 11.5 Å². The minimum absolute atomic E-state index is 0.000309. The maximum absolute atomic E-state index is 10.8. The van der Waals surface area contributed by atoms with Crippen LogP contribution in [0.2, 0.25) is 5.02 Å². The number of nitro groups is 2. The van der Waals surface area contributed by atoms with Gasteiger partial charge in [-0.1, -0.05) is 11.6 Å². The molecule has 1 aromatic carbocycles. The lowest BCUT2D eigenvalue weighted by molar-refractivity contribution is -0.394. The van der Waals surface area contributed by atoms with E-state index >= 15 is 0 Å². The van der Waals surface area contributed by atoms with Gasteiger partial charge >= 0.3 is 0 Å². The minimum Gasteiger partial charge on any atom is -0.258 e. The van der Waals surface area contributed by atoms with E-state index < -0.39 is 26.2 Å². The van der Waals surface area contributed by atoms with Gasteiger partial charge in [0, 0.05) is 23.6 Å². The zero-order valence-electron chi connectivity index (χ0n) is 8.87. The molecule has 0 saturated carbocycles. The fourth-order valence-corrected chi connectivity index (χ4v) is 4.63. The molecule has 0 N–H and O–H groups in total. The molecule has 0 spiro atoms. The largest absolute Gasteiger partial charge is 0.295 e. The number of nitrogens with zero attached hydrogens (tertiary/aromatic N) is 2. The third kappa shape index (κ3) is 2.55. The molecule has 1 aliphatic rings. The van der Waals surface area contributed by atoms with Crippen LogP contribution in [0.1, 0.15) is 10.1 Å². The lowest BCUT2D eigenvalue weighted by atomic mass is 10.2. The van der Waals surface area contributed by atoms with E-state index in [9.17, 15) is 20.2 Å². The fraction of sp³-hybridized carbons (Fsp3) is 0.333. The highest BCUT2D eigenvalue weighted by Gasteiger charge is 2.29. The van der Waals surface area contributed by atoms with Crippen molar-refractivity contribution in [1.82, 2.24) is 0 Å². The first-order valence-electron chi connectivity index (χ1n) is 4.86. The molecule has 1 heterocycles. The lowest BCUT2D eigenvalue weighted by Gasteiger charge is -2.08. The Morgan fingerprint density at radius 1 is 1.11 bits per heavy atom. The summed E-state index contributed by atoms with van der Waals surface area (Å²) in [6, 6.07) is 2.65. The van der Waals surface area contributed by atoms with E-state index in [-0.39, 0.29) is 4.58 Å². The fourth-order valence-electron chi connectivity index (χ4n) is 1.57. The molecule has 0 atom stereocenters. The van der Waals surface area contributed by atoms with Gasteiger partial charge in [0.05, 0.1) is 14.4 Å². The normalized spacial score (nSPS) is 15.8. The smallest absolute Gasteiger partial charge is 0.258 e. The molecule has 1 fully saturated rings. The molecule has 0 amide bonds. The van der Waals surface area contributed by atoms with Gasteiger partial charge in [0.25, 0.3) is 11.4 Å². The molecule has 6 nitrogen and oxygen atoms in total. The molecule has 96 valence electrons. The maximum Gasteiger partial charge on any atom is 0.295 e. The molecule has 0 unspecified atom stereocenters. The van der Waals surface area contributed by atoms with Gasteiger partial charge in [0.1, 0.15) is 0 Å². The second-order valence-electron chi connectivity index (χ2n) is 3.46. The standard InChI is InChI=1S/C9H7ClN2O4S2/c10-8-6(11(13)14)3-5(4-7(8)12(15)16)9-17-1-2-18-9/h3-4,9H,1-2H2. The topological polar surface area (TPSA) is 86.3 Å². The number of halogens is 1. The molecule has 2 rings (SSSR count). The quantitative estimate of drug-likeness (QED) is 0.626. The van der Waals surface area contributed by atoms with Gasteiger partial charge in [0.2, 0.25) is 0 Å². The first-order valence-corrected chi connectivity index (χ1v) is 7.33. The van der Waals surface area contributed by atoms with Gasteiger partial charge in [0.15, 0.2) is 5.02 Å². The van der Waals surface area contributed by atoms with Crippen LogP contribution in [0.15, 0.2) is 12.1 Å². The monoisotopic (exact) mass is 306 g/mol. The van der Waals surface area contributed by atoms with Gasteiger partial charge in [-0.05, 0) is 5.56 Å². The van der Waals surface area contributed by atoms with Crippen molar-refractivity contribution in [3.63, 3.8) is 0 Å². The summed E-state index contributed by atoms with van der Waals surface area (Å²) in [5.41, 5.74) is -0.242. The summed E-state index contributed by atoms with van der Waals surface area (Å²) < 4.78 is -0.000309. The number of benzene rings is 1. The second-order valence-corrected chi connectivity index (χ2v) is 6.56. The molecule has 18 heavy (non-hydrogen) atoms. The summed E-state index contributed by atoms with van der Waals surface area (Å²) in [5, 5.41) is 21.3. The highest BCUT2D eigenvalue weighted by molar-refractivity contribution is 8.19. The molecule has 0 aliphatic carbocycles. The van der Waals surface area contributed by atoms with E-state index in [4.69, 9.17) is 11.6 Å². The van der Waals surface area contributed by atoms with Gasteiger partial charge in [-0.25, -0.2) is 0 Å². The molecule has 1 aromatic rings. The Bertz CT molecular complexity index is 484. The average molecular weight is 307 g/mol. The summed E-state index contributed by atoms with van der Waals surface area (Å²) in [4.78, 5) is 20.3. The molecule has 1 aliphatic heterocycles. The molecular weight excluding hydrogens is 300 g/mol. The van der Waals surface area contributed by atoms with E-state index in [2.05, 4.69) is 0 Å². The number of rotatable bonds is 3. The van der Waals surface area contributed by atoms with Crippen LogP contribution in [0.5, 0.6) is 0 Å². The van der Waals surface area contributed by atoms with Crippen molar-refractivity contribution in [2.45, 2.75) is 4.58 Å². The van der Waals surface area contributed by atoms with Gasteiger partial charge in [-0.2, -0.15) is 0 Å². The van der Waals surface area contributed by atoms with Crippen molar-refractivity contribution < 1.29 is 9.85 Å². The number of nitro benzene ring substituents is 2. The van der Waals surface area contributed by atoms with Gasteiger partial charge in [-0.15, -0.1) is 23.5 Å². The third-order valence-electron chi connectivity index (χ3n) is 2.34. The van der Waals surface area contributed by atoms with E-state index in [0.717, 1.165) is 11.5 Å². The van der Waals surface area contributed by atoms with Crippen molar-refractivity contribution in [2.24, 2.45) is 0 Å². The minimum atomic E-state index is -0.691. The summed E-state index contributed by atoms with van der Waals surface area (Å²) in [5.74, 6) is 1.86. The van der Waals surface area contributed by atoms with E-state index in [1.165, 1.54) is 12.1 Å². The van der Waals surface area contributed by atoms with Crippen LogP contribution >= 0.6 is 35.1 Å². The number of thioether (sulfide) groups is 2. The Kier molecular flexibility index (Phi) is 3.98. The molecular formula is C9H7ClN2O4S2. The van der Waals surface area contributed by atoms with Crippen LogP contribution in [0.25, 0.3) is 0 Å². The Morgan fingerprint density at radius 3 is 1.94 bits per heavy atom. The van der Waals surface area contributed by atoms with Crippen molar-refractivity contribution in [1.29, 1.82) is 0 Å². The highest BCUT2D eigenvalue weighted by Crippen LogP contribution is 2.48. The van der Waals surface area contributed by atoms with Crippen molar-refractivity contribution >= 4 is 46.5 Å². The third-order valence-corrected chi connectivity index (χ3v) is 5.84. The first-order chi connectivity index (χ1) is 8.50. The van der Waals surface area contributed by atoms with Crippen LogP contribution in [-0.2, 0) is 0 Å². The van der Waals surface area contributed by atoms with Crippen LogP contribution < -0.4 is 0 Å². The second kappa shape index (κ2) is 5.33. The summed E-state index contributed by atoms with van der Waals surface area (Å²) in [6.07, 6.45) is 0. The molecule has 1 saturated heterocycles. The van der Waals surface area contributed by atoms with Crippen molar-refractivity contribution in [3.8, 4) is 0 Å². The van der Waals surface area contributed by atoms with Crippen LogP contribution in [0, 0.1) is 20.2 Å². The maximum atomic E-state index is 10.8. The van der Waals surface area contributed by atoms with Crippen LogP contribution in [-0.4, -0.2) is 21.4 Å². The average Bonchev–Trinajstić information content (AvgIpc) is 2.82. The molecule has 0 aromatic heterocycles. The Balaban J connectivity index is 2.54. The summed E-state index contributed by atoms with van der Waals surface area (Å²) >= 11 is 8.91.